The molecule has 0 heterocycles. The molecule has 1 nitrogen and oxygen atoms in total. The molecule has 45 valence electrons. The second-order valence-corrected chi connectivity index (χ2v) is 1.70. The summed E-state index contributed by atoms with van der Waals surface area (Å²) in [6, 6.07) is 0. The van der Waals surface area contributed by atoms with Gasteiger partial charge in [-0.05, 0) is 12.2 Å². The van der Waals surface area contributed by atoms with E-state index in [1.807, 2.05) is 18.2 Å². The maximum absolute atomic E-state index is 10.6. The summed E-state index contributed by atoms with van der Waals surface area (Å²) in [6.45, 7) is 0. The lowest BCUT2D eigenvalue weighted by atomic mass is 10.3. The van der Waals surface area contributed by atoms with Crippen molar-refractivity contribution in [2.75, 3.05) is 0 Å². The second-order valence-electron chi connectivity index (χ2n) is 1.70. The molecule has 0 amide bonds. The molecule has 1 radical (unpaired) electrons. The van der Waals surface area contributed by atoms with Crippen molar-refractivity contribution in [3.63, 3.8) is 0 Å². The molecule has 0 saturated heterocycles. The second kappa shape index (κ2) is 2.92. The topological polar surface area (TPSA) is 19.9 Å². The summed E-state index contributed by atoms with van der Waals surface area (Å²) >= 11 is 0. The van der Waals surface area contributed by atoms with Crippen LogP contribution in [-0.2, 0) is 5.11 Å². The Labute approximate surface area is 54.3 Å². The summed E-state index contributed by atoms with van der Waals surface area (Å²) in [5.74, 6) is 0.0376. The van der Waals surface area contributed by atoms with Crippen molar-refractivity contribution in [1.82, 2.24) is 0 Å². The average Bonchev–Trinajstić information content (AvgIpc) is 1.79. The van der Waals surface area contributed by atoms with Crippen molar-refractivity contribution in [3.8, 4) is 0 Å². The van der Waals surface area contributed by atoms with E-state index < -0.39 is 0 Å². The van der Waals surface area contributed by atoms with Crippen molar-refractivity contribution in [1.29, 1.82) is 0 Å². The number of rotatable bonds is 0. The fraction of sp³-hybridized carbons (Fsp3) is 0. The van der Waals surface area contributed by atoms with Crippen LogP contribution in [-0.4, -0.2) is 0 Å². The highest BCUT2D eigenvalue weighted by atomic mass is 16.3. The van der Waals surface area contributed by atoms with Crippen molar-refractivity contribution in [3.05, 3.63) is 48.3 Å². The molecule has 0 aromatic heterocycles. The molecule has 0 N–H and O–H groups in total. The van der Waals surface area contributed by atoms with E-state index in [1.165, 1.54) is 12.2 Å². The van der Waals surface area contributed by atoms with E-state index in [-0.39, 0.29) is 5.76 Å². The minimum Gasteiger partial charge on any atom is -0.290 e. The zero-order chi connectivity index (χ0) is 6.53. The largest absolute Gasteiger partial charge is 0.290 e. The van der Waals surface area contributed by atoms with Gasteiger partial charge in [0.1, 0.15) is 0 Å². The van der Waals surface area contributed by atoms with Gasteiger partial charge in [-0.3, -0.25) is 5.11 Å². The average molecular weight is 119 g/mol. The fourth-order valence-corrected chi connectivity index (χ4v) is 0.549. The van der Waals surface area contributed by atoms with Crippen molar-refractivity contribution >= 4 is 0 Å². The summed E-state index contributed by atoms with van der Waals surface area (Å²) in [5, 5.41) is 10.6. The van der Waals surface area contributed by atoms with Gasteiger partial charge in [-0.1, -0.05) is 30.4 Å². The zero-order valence-electron chi connectivity index (χ0n) is 4.95. The number of hydrogen-bond donors (Lipinski definition) is 0. The van der Waals surface area contributed by atoms with E-state index in [0.717, 1.165) is 0 Å². The van der Waals surface area contributed by atoms with Crippen molar-refractivity contribution < 1.29 is 5.11 Å². The van der Waals surface area contributed by atoms with Crippen LogP contribution in [0.25, 0.3) is 0 Å². The smallest absolute Gasteiger partial charge is 0.178 e. The lowest BCUT2D eigenvalue weighted by Gasteiger charge is -1.83. The van der Waals surface area contributed by atoms with Crippen LogP contribution in [0.4, 0.5) is 0 Å². The van der Waals surface area contributed by atoms with E-state index in [2.05, 4.69) is 0 Å². The van der Waals surface area contributed by atoms with Gasteiger partial charge in [-0.15, -0.1) is 0 Å². The van der Waals surface area contributed by atoms with Crippen molar-refractivity contribution in [2.45, 2.75) is 0 Å². The van der Waals surface area contributed by atoms with Gasteiger partial charge in [0.25, 0.3) is 0 Å². The van der Waals surface area contributed by atoms with Crippen LogP contribution in [0, 0.1) is 0 Å². The first-order valence-corrected chi connectivity index (χ1v) is 2.78. The molecule has 0 aromatic rings. The minimum atomic E-state index is 0.0376. The third-order valence-electron chi connectivity index (χ3n) is 0.965. The van der Waals surface area contributed by atoms with E-state index in [9.17, 15) is 5.11 Å². The van der Waals surface area contributed by atoms with Crippen LogP contribution < -0.4 is 0 Å². The first-order valence-electron chi connectivity index (χ1n) is 2.78. The zero-order valence-corrected chi connectivity index (χ0v) is 4.95. The predicted octanol–water partition coefficient (Wildman–Crippen LogP) is 1.98. The van der Waals surface area contributed by atoms with Crippen LogP contribution in [0.2, 0.25) is 0 Å². The van der Waals surface area contributed by atoms with E-state index in [0.29, 0.717) is 0 Å². The minimum absolute atomic E-state index is 0.0376. The fourth-order valence-electron chi connectivity index (χ4n) is 0.549. The van der Waals surface area contributed by atoms with Gasteiger partial charge in [0, 0.05) is 0 Å². The maximum atomic E-state index is 10.6. The molecular weight excluding hydrogens is 112 g/mol. The van der Waals surface area contributed by atoms with E-state index >= 15 is 0 Å². The van der Waals surface area contributed by atoms with Gasteiger partial charge >= 0.3 is 0 Å². The third kappa shape index (κ3) is 2.00. The lowest BCUT2D eigenvalue weighted by molar-refractivity contribution is 0.315. The van der Waals surface area contributed by atoms with Gasteiger partial charge in [0.2, 0.25) is 0 Å². The standard InChI is InChI=1S/C8H7O/c9-8-6-4-2-1-3-5-7-8/h1-7H/b2-1-,3-1?,4-2?,5-3-,6-4-,7-5?,8-6?,8-7+. The first-order chi connectivity index (χ1) is 4.39. The molecule has 1 heteroatoms. The molecule has 9 heavy (non-hydrogen) atoms. The Morgan fingerprint density at radius 1 is 0.889 bits per heavy atom. The Morgan fingerprint density at radius 3 is 2.44 bits per heavy atom. The summed E-state index contributed by atoms with van der Waals surface area (Å²) < 4.78 is 0. The Morgan fingerprint density at radius 2 is 1.56 bits per heavy atom. The van der Waals surface area contributed by atoms with Gasteiger partial charge in [-0.2, -0.15) is 0 Å². The van der Waals surface area contributed by atoms with Gasteiger partial charge in [-0.25, -0.2) is 0 Å². The molecule has 0 unspecified atom stereocenters. The Kier molecular flexibility index (Phi) is 1.91. The van der Waals surface area contributed by atoms with Gasteiger partial charge in [0.05, 0.1) is 0 Å². The lowest BCUT2D eigenvalue weighted by Crippen LogP contribution is -1.69. The highest BCUT2D eigenvalue weighted by Crippen LogP contribution is 1.96. The molecule has 0 fully saturated rings. The molecule has 0 saturated carbocycles. The van der Waals surface area contributed by atoms with Gasteiger partial charge in [0.15, 0.2) is 5.76 Å². The van der Waals surface area contributed by atoms with Crippen molar-refractivity contribution in [2.24, 2.45) is 0 Å². The van der Waals surface area contributed by atoms with Gasteiger partial charge < -0.3 is 0 Å². The Balaban J connectivity index is 2.77. The molecule has 1 aliphatic rings. The first kappa shape index (κ1) is 5.89. The molecule has 1 aliphatic carbocycles. The monoisotopic (exact) mass is 119 g/mol. The Hall–Kier alpha value is -1.24. The Bertz CT molecular complexity index is 195. The van der Waals surface area contributed by atoms with Crippen LogP contribution in [0.5, 0.6) is 0 Å². The molecule has 0 atom stereocenters. The highest BCUT2D eigenvalue weighted by Gasteiger charge is 1.83. The summed E-state index contributed by atoms with van der Waals surface area (Å²) in [7, 11) is 0. The van der Waals surface area contributed by atoms with E-state index in [1.54, 1.807) is 12.2 Å². The maximum Gasteiger partial charge on any atom is 0.178 e. The number of hydrogen-bond acceptors (Lipinski definition) is 0. The normalized spacial score (nSPS) is 33.1. The van der Waals surface area contributed by atoms with Crippen LogP contribution in [0.15, 0.2) is 48.3 Å². The molecule has 0 aliphatic heterocycles. The molecular formula is C8H7O. The molecule has 0 spiro atoms. The number of allylic oxidation sites excluding steroid dienone is 7. The predicted molar refractivity (Wildman–Crippen MR) is 36.2 cm³/mol. The summed E-state index contributed by atoms with van der Waals surface area (Å²) in [6.07, 6.45) is 12.0. The molecule has 0 bridgehead atoms. The summed E-state index contributed by atoms with van der Waals surface area (Å²) in [5.41, 5.74) is 0. The van der Waals surface area contributed by atoms with Crippen LogP contribution in [0.3, 0.4) is 0 Å². The van der Waals surface area contributed by atoms with Crippen LogP contribution >= 0.6 is 0 Å². The molecule has 1 rings (SSSR count). The molecule has 0 aromatic carbocycles. The quantitative estimate of drug-likeness (QED) is 0.464. The highest BCUT2D eigenvalue weighted by molar-refractivity contribution is 5.26. The van der Waals surface area contributed by atoms with E-state index in [4.69, 9.17) is 0 Å². The summed E-state index contributed by atoms with van der Waals surface area (Å²) in [4.78, 5) is 0. The third-order valence-corrected chi connectivity index (χ3v) is 0.965. The SMILES string of the molecule is [O]C1=C/C=C\C=C/C=C\1. The van der Waals surface area contributed by atoms with Crippen LogP contribution in [0.1, 0.15) is 0 Å².